The number of anilines is 1. The van der Waals surface area contributed by atoms with Crippen LogP contribution in [0.3, 0.4) is 0 Å². The zero-order chi connectivity index (χ0) is 20.6. The number of aromatic nitrogens is 2. The molecule has 150 valence electrons. The molecule has 1 aromatic heterocycles. The van der Waals surface area contributed by atoms with Crippen molar-refractivity contribution in [3.8, 4) is 5.75 Å². The molecule has 1 aliphatic heterocycles. The highest BCUT2D eigenvalue weighted by Crippen LogP contribution is 2.34. The second-order valence-corrected chi connectivity index (χ2v) is 8.42. The maximum Gasteiger partial charge on any atom is 0.265 e. The first kappa shape index (κ1) is 19.9. The first-order chi connectivity index (χ1) is 13.1. The highest BCUT2D eigenvalue weighted by Gasteiger charge is 2.28. The third-order valence-electron chi connectivity index (χ3n) is 4.70. The third-order valence-corrected chi connectivity index (χ3v) is 6.22. The number of aryl methyl sites for hydroxylation is 3. The Kier molecular flexibility index (Phi) is 5.16. The van der Waals surface area contributed by atoms with Gasteiger partial charge in [-0.15, -0.1) is 0 Å². The lowest BCUT2D eigenvalue weighted by atomic mass is 10.1. The number of amides is 2. The molecule has 9 nitrogen and oxygen atoms in total. The van der Waals surface area contributed by atoms with E-state index in [0.717, 1.165) is 11.3 Å². The van der Waals surface area contributed by atoms with E-state index in [1.165, 1.54) is 12.1 Å². The Morgan fingerprint density at radius 2 is 2.07 bits per heavy atom. The van der Waals surface area contributed by atoms with Crippen LogP contribution in [-0.2, 0) is 33.1 Å². The first-order valence-corrected chi connectivity index (χ1v) is 10.2. The number of carbonyl (C=O) groups is 2. The van der Waals surface area contributed by atoms with Gasteiger partial charge in [-0.25, -0.2) is 13.1 Å². The first-order valence-electron chi connectivity index (χ1n) is 8.74. The molecule has 2 heterocycles. The molecule has 2 aromatic rings. The second-order valence-electron chi connectivity index (χ2n) is 6.77. The quantitative estimate of drug-likeness (QED) is 0.770. The number of rotatable bonds is 5. The average Bonchev–Trinajstić information content (AvgIpc) is 2.92. The Balaban J connectivity index is 1.75. The fourth-order valence-electron chi connectivity index (χ4n) is 2.93. The van der Waals surface area contributed by atoms with Crippen LogP contribution in [0.5, 0.6) is 5.75 Å². The summed E-state index contributed by atoms with van der Waals surface area (Å²) in [5, 5.41) is 6.76. The Labute approximate surface area is 163 Å². The highest BCUT2D eigenvalue weighted by atomic mass is 32.2. The fourth-order valence-corrected chi connectivity index (χ4v) is 4.18. The fraction of sp³-hybridized carbons (Fsp3) is 0.389. The number of hydrogen-bond donors (Lipinski definition) is 2. The molecule has 0 spiro atoms. The molecule has 10 heteroatoms. The molecular weight excluding hydrogens is 384 g/mol. The van der Waals surface area contributed by atoms with Crippen LogP contribution < -0.4 is 14.8 Å². The van der Waals surface area contributed by atoms with E-state index in [1.807, 2.05) is 6.92 Å². The van der Waals surface area contributed by atoms with Gasteiger partial charge < -0.3 is 10.1 Å². The minimum atomic E-state index is -4.08. The van der Waals surface area contributed by atoms with Crippen molar-refractivity contribution >= 4 is 27.5 Å². The van der Waals surface area contributed by atoms with Crippen molar-refractivity contribution in [2.24, 2.45) is 7.05 Å². The monoisotopic (exact) mass is 406 g/mol. The van der Waals surface area contributed by atoms with E-state index in [-0.39, 0.29) is 23.0 Å². The van der Waals surface area contributed by atoms with Gasteiger partial charge in [0.05, 0.1) is 16.8 Å². The van der Waals surface area contributed by atoms with Gasteiger partial charge in [-0.2, -0.15) is 5.10 Å². The van der Waals surface area contributed by atoms with Gasteiger partial charge in [-0.1, -0.05) is 0 Å². The number of sulfonamides is 1. The van der Waals surface area contributed by atoms with E-state index in [1.54, 1.807) is 31.8 Å². The normalized spacial score (nSPS) is 16.1. The lowest BCUT2D eigenvalue weighted by molar-refractivity contribution is -0.122. The Morgan fingerprint density at radius 3 is 2.71 bits per heavy atom. The number of carbonyl (C=O) groups excluding carboxylic acids is 2. The SMILES string of the molecule is Cc1cc2c(cc1S(=O)(=O)NC(=O)CCc1cnn(C)c1C)OC(C)C(=O)N2. The molecule has 1 unspecified atom stereocenters. The summed E-state index contributed by atoms with van der Waals surface area (Å²) in [6.07, 6.45) is 1.33. The van der Waals surface area contributed by atoms with E-state index >= 15 is 0 Å². The molecule has 1 aromatic carbocycles. The van der Waals surface area contributed by atoms with E-state index in [9.17, 15) is 18.0 Å². The van der Waals surface area contributed by atoms with Crippen LogP contribution in [0.1, 0.15) is 30.2 Å². The highest BCUT2D eigenvalue weighted by molar-refractivity contribution is 7.90. The Bertz CT molecular complexity index is 1060. The summed E-state index contributed by atoms with van der Waals surface area (Å²) < 4.78 is 34.6. The van der Waals surface area contributed by atoms with Crippen molar-refractivity contribution in [2.75, 3.05) is 5.32 Å². The van der Waals surface area contributed by atoms with Gasteiger partial charge in [-0.05, 0) is 44.4 Å². The van der Waals surface area contributed by atoms with Crippen LogP contribution in [0.15, 0.2) is 23.2 Å². The molecule has 2 N–H and O–H groups in total. The summed E-state index contributed by atoms with van der Waals surface area (Å²) in [6.45, 7) is 5.03. The Morgan fingerprint density at radius 1 is 1.36 bits per heavy atom. The summed E-state index contributed by atoms with van der Waals surface area (Å²) in [7, 11) is -2.28. The number of benzene rings is 1. The second kappa shape index (κ2) is 7.27. The molecule has 1 aliphatic rings. The van der Waals surface area contributed by atoms with E-state index in [4.69, 9.17) is 4.74 Å². The van der Waals surface area contributed by atoms with Crippen molar-refractivity contribution < 1.29 is 22.7 Å². The lowest BCUT2D eigenvalue weighted by Crippen LogP contribution is -2.35. The molecule has 0 bridgehead atoms. The summed E-state index contributed by atoms with van der Waals surface area (Å²) in [4.78, 5) is 23.8. The number of ether oxygens (including phenoxy) is 1. The number of nitrogens with one attached hydrogen (secondary N) is 2. The van der Waals surface area contributed by atoms with Crippen molar-refractivity contribution in [1.29, 1.82) is 0 Å². The molecule has 2 amide bonds. The van der Waals surface area contributed by atoms with Gasteiger partial charge in [0, 0.05) is 25.2 Å². The maximum atomic E-state index is 12.7. The number of fused-ring (bicyclic) bond motifs is 1. The van der Waals surface area contributed by atoms with Gasteiger partial charge in [0.1, 0.15) is 5.75 Å². The van der Waals surface area contributed by atoms with Crippen LogP contribution in [-0.4, -0.2) is 36.1 Å². The predicted octanol–water partition coefficient (Wildman–Crippen LogP) is 1.19. The van der Waals surface area contributed by atoms with E-state index in [2.05, 4.69) is 15.1 Å². The molecule has 0 radical (unpaired) electrons. The van der Waals surface area contributed by atoms with Crippen molar-refractivity contribution in [2.45, 2.75) is 44.6 Å². The van der Waals surface area contributed by atoms with Crippen molar-refractivity contribution in [3.63, 3.8) is 0 Å². The van der Waals surface area contributed by atoms with Crippen LogP contribution in [0.2, 0.25) is 0 Å². The van der Waals surface area contributed by atoms with Crippen LogP contribution in [0.25, 0.3) is 0 Å². The number of nitrogens with zero attached hydrogens (tertiary/aromatic N) is 2. The summed E-state index contributed by atoms with van der Waals surface area (Å²) >= 11 is 0. The third kappa shape index (κ3) is 3.86. The topological polar surface area (TPSA) is 119 Å². The molecule has 0 saturated carbocycles. The molecule has 0 fully saturated rings. The van der Waals surface area contributed by atoms with Crippen molar-refractivity contribution in [1.82, 2.24) is 14.5 Å². The van der Waals surface area contributed by atoms with Gasteiger partial charge >= 0.3 is 0 Å². The van der Waals surface area contributed by atoms with Gasteiger partial charge in [0.15, 0.2) is 6.10 Å². The van der Waals surface area contributed by atoms with Crippen LogP contribution in [0.4, 0.5) is 5.69 Å². The largest absolute Gasteiger partial charge is 0.479 e. The maximum absolute atomic E-state index is 12.7. The van der Waals surface area contributed by atoms with Gasteiger partial charge in [0.25, 0.3) is 15.9 Å². The van der Waals surface area contributed by atoms with Crippen molar-refractivity contribution in [3.05, 3.63) is 35.2 Å². The molecule has 28 heavy (non-hydrogen) atoms. The Hall–Kier alpha value is -2.88. The van der Waals surface area contributed by atoms with E-state index in [0.29, 0.717) is 17.7 Å². The zero-order valence-corrected chi connectivity index (χ0v) is 16.9. The minimum absolute atomic E-state index is 0.0132. The lowest BCUT2D eigenvalue weighted by Gasteiger charge is -2.24. The molecule has 3 rings (SSSR count). The van der Waals surface area contributed by atoms with Gasteiger partial charge in [0.2, 0.25) is 5.91 Å². The van der Waals surface area contributed by atoms with Gasteiger partial charge in [-0.3, -0.25) is 14.3 Å². The molecule has 1 atom stereocenters. The predicted molar refractivity (Wildman–Crippen MR) is 101 cm³/mol. The minimum Gasteiger partial charge on any atom is -0.479 e. The summed E-state index contributed by atoms with van der Waals surface area (Å²) in [5.74, 6) is -0.666. The smallest absolute Gasteiger partial charge is 0.265 e. The standard InChI is InChI=1S/C18H22N4O5S/c1-10-7-14-15(27-12(3)18(24)20-14)8-16(10)28(25,26)21-17(23)6-5-13-9-19-22(4)11(13)2/h7-9,12H,5-6H2,1-4H3,(H,20,24)(H,21,23). The zero-order valence-electron chi connectivity index (χ0n) is 16.1. The summed E-state index contributed by atoms with van der Waals surface area (Å²) in [6, 6.07) is 2.83. The average molecular weight is 406 g/mol. The molecule has 0 saturated heterocycles. The molecule has 0 aliphatic carbocycles. The number of hydrogen-bond acceptors (Lipinski definition) is 6. The summed E-state index contributed by atoms with van der Waals surface area (Å²) in [5.41, 5.74) is 2.60. The van der Waals surface area contributed by atoms with Crippen LogP contribution >= 0.6 is 0 Å². The van der Waals surface area contributed by atoms with Crippen LogP contribution in [0, 0.1) is 13.8 Å². The molecular formula is C18H22N4O5S. The van der Waals surface area contributed by atoms with E-state index < -0.39 is 22.0 Å².